The summed E-state index contributed by atoms with van der Waals surface area (Å²) in [6, 6.07) is 22.7. The number of anilines is 2. The zero-order valence-electron chi connectivity index (χ0n) is 17.7. The van der Waals surface area contributed by atoms with Gasteiger partial charge in [0.05, 0.1) is 27.9 Å². The third-order valence-corrected chi connectivity index (χ3v) is 5.98. The number of rotatable bonds is 9. The van der Waals surface area contributed by atoms with E-state index in [0.717, 1.165) is 11.4 Å². The van der Waals surface area contributed by atoms with Gasteiger partial charge in [0.2, 0.25) is 5.91 Å². The number of nitro groups is 1. The predicted octanol–water partition coefficient (Wildman–Crippen LogP) is 5.17. The maximum atomic E-state index is 12.5. The van der Waals surface area contributed by atoms with Crippen molar-refractivity contribution in [2.24, 2.45) is 0 Å². The molecule has 0 atom stereocenters. The lowest BCUT2D eigenvalue weighted by atomic mass is 10.3. The molecular weight excluding hydrogens is 476 g/mol. The summed E-state index contributed by atoms with van der Waals surface area (Å²) >= 11 is 7.48. The van der Waals surface area contributed by atoms with E-state index in [1.54, 1.807) is 6.07 Å². The van der Waals surface area contributed by atoms with Crippen molar-refractivity contribution < 1.29 is 9.72 Å². The second kappa shape index (κ2) is 10.8. The second-order valence-electron chi connectivity index (χ2n) is 7.04. The van der Waals surface area contributed by atoms with Crippen molar-refractivity contribution in [1.82, 2.24) is 14.8 Å². The largest absolute Gasteiger partial charge is 0.377 e. The molecule has 2 N–H and O–H groups in total. The van der Waals surface area contributed by atoms with Crippen LogP contribution in [0.1, 0.15) is 5.82 Å². The summed E-state index contributed by atoms with van der Waals surface area (Å²) in [5.74, 6) is 0.474. The summed E-state index contributed by atoms with van der Waals surface area (Å²) in [5, 5.41) is 26.5. The van der Waals surface area contributed by atoms with Gasteiger partial charge in [-0.3, -0.25) is 19.5 Å². The van der Waals surface area contributed by atoms with Gasteiger partial charge in [0.15, 0.2) is 11.0 Å². The van der Waals surface area contributed by atoms with Crippen LogP contribution < -0.4 is 10.6 Å². The van der Waals surface area contributed by atoms with Gasteiger partial charge in [-0.1, -0.05) is 53.7 Å². The van der Waals surface area contributed by atoms with Crippen LogP contribution >= 0.6 is 23.4 Å². The number of non-ortho nitro benzene ring substituents is 1. The van der Waals surface area contributed by atoms with Gasteiger partial charge in [-0.2, -0.15) is 0 Å². The first-order chi connectivity index (χ1) is 16.5. The first-order valence-electron chi connectivity index (χ1n) is 10.2. The van der Waals surface area contributed by atoms with Crippen molar-refractivity contribution in [3.8, 4) is 5.69 Å². The molecule has 0 radical (unpaired) electrons. The maximum absolute atomic E-state index is 12.5. The zero-order chi connectivity index (χ0) is 23.9. The molecule has 1 aromatic heterocycles. The van der Waals surface area contributed by atoms with Crippen LogP contribution in [0, 0.1) is 10.1 Å². The molecule has 0 spiro atoms. The third-order valence-electron chi connectivity index (χ3n) is 4.72. The van der Waals surface area contributed by atoms with E-state index in [4.69, 9.17) is 11.6 Å². The van der Waals surface area contributed by atoms with Gasteiger partial charge < -0.3 is 10.6 Å². The summed E-state index contributed by atoms with van der Waals surface area (Å²) < 4.78 is 1.88. The minimum Gasteiger partial charge on any atom is -0.377 e. The molecule has 0 saturated heterocycles. The third kappa shape index (κ3) is 5.72. The van der Waals surface area contributed by atoms with Gasteiger partial charge in [0, 0.05) is 23.5 Å². The van der Waals surface area contributed by atoms with Gasteiger partial charge in [0.25, 0.3) is 5.69 Å². The van der Waals surface area contributed by atoms with E-state index in [2.05, 4.69) is 20.8 Å². The normalized spacial score (nSPS) is 10.6. The molecule has 0 bridgehead atoms. The first-order valence-corrected chi connectivity index (χ1v) is 11.5. The summed E-state index contributed by atoms with van der Waals surface area (Å²) in [6.45, 7) is 0.376. The van der Waals surface area contributed by atoms with Gasteiger partial charge >= 0.3 is 0 Å². The van der Waals surface area contributed by atoms with Crippen LogP contribution in [-0.4, -0.2) is 31.3 Å². The molecule has 0 unspecified atom stereocenters. The van der Waals surface area contributed by atoms with E-state index in [9.17, 15) is 14.9 Å². The predicted molar refractivity (Wildman–Crippen MR) is 133 cm³/mol. The monoisotopic (exact) mass is 494 g/mol. The fourth-order valence-electron chi connectivity index (χ4n) is 3.12. The number of hydrogen-bond acceptors (Lipinski definition) is 7. The molecule has 11 heteroatoms. The molecule has 1 heterocycles. The number of amides is 1. The molecule has 0 aliphatic heterocycles. The van der Waals surface area contributed by atoms with Crippen molar-refractivity contribution in [2.45, 2.75) is 11.7 Å². The number of carbonyl (C=O) groups excluding carboxylic acids is 1. The molecule has 4 rings (SSSR count). The van der Waals surface area contributed by atoms with Crippen LogP contribution in [0.4, 0.5) is 17.1 Å². The molecular formula is C23H19ClN6O3S. The lowest BCUT2D eigenvalue weighted by Crippen LogP contribution is -2.15. The first kappa shape index (κ1) is 23.3. The minimum atomic E-state index is -0.490. The lowest BCUT2D eigenvalue weighted by Gasteiger charge is -2.12. The number of aromatic nitrogens is 3. The lowest BCUT2D eigenvalue weighted by molar-refractivity contribution is -0.384. The van der Waals surface area contributed by atoms with Gasteiger partial charge in [-0.05, 0) is 36.4 Å². The smallest absolute Gasteiger partial charge is 0.269 e. The van der Waals surface area contributed by atoms with Gasteiger partial charge in [0.1, 0.15) is 0 Å². The van der Waals surface area contributed by atoms with Crippen LogP contribution in [0.15, 0.2) is 84.0 Å². The zero-order valence-corrected chi connectivity index (χ0v) is 19.3. The van der Waals surface area contributed by atoms with Crippen molar-refractivity contribution in [1.29, 1.82) is 0 Å². The molecule has 1 amide bonds. The summed E-state index contributed by atoms with van der Waals surface area (Å²) in [6.07, 6.45) is 0. The number of nitrogens with zero attached hydrogens (tertiary/aromatic N) is 4. The number of carbonyl (C=O) groups is 1. The van der Waals surface area contributed by atoms with Crippen LogP contribution in [0.5, 0.6) is 0 Å². The van der Waals surface area contributed by atoms with Crippen molar-refractivity contribution in [3.05, 3.63) is 99.8 Å². The van der Waals surface area contributed by atoms with Crippen molar-refractivity contribution in [3.63, 3.8) is 0 Å². The standard InChI is InChI=1S/C23H19ClN6O3S/c24-19-8-4-5-9-20(19)25-14-21-27-28-23(29(21)17-6-2-1-3-7-17)34-15-22(31)26-16-10-12-18(13-11-16)30(32)33/h1-13,25H,14-15H2,(H,26,31). The van der Waals surface area contributed by atoms with E-state index < -0.39 is 4.92 Å². The highest BCUT2D eigenvalue weighted by Crippen LogP contribution is 2.25. The van der Waals surface area contributed by atoms with E-state index in [0.29, 0.717) is 28.2 Å². The van der Waals surface area contributed by atoms with Crippen molar-refractivity contribution >= 4 is 46.3 Å². The minimum absolute atomic E-state index is 0.0405. The Balaban J connectivity index is 1.47. The van der Waals surface area contributed by atoms with E-state index in [1.807, 2.05) is 53.1 Å². The van der Waals surface area contributed by atoms with Crippen molar-refractivity contribution in [2.75, 3.05) is 16.4 Å². The SMILES string of the molecule is O=C(CSc1nnc(CNc2ccccc2Cl)n1-c1ccccc1)Nc1ccc([N+](=O)[O-])cc1. The molecule has 4 aromatic rings. The average molecular weight is 495 g/mol. The topological polar surface area (TPSA) is 115 Å². The Morgan fingerprint density at radius 2 is 1.71 bits per heavy atom. The number of halogens is 1. The summed E-state index contributed by atoms with van der Waals surface area (Å²) in [5.41, 5.74) is 2.08. The molecule has 0 fully saturated rings. The number of benzene rings is 3. The Hall–Kier alpha value is -3.89. The highest BCUT2D eigenvalue weighted by molar-refractivity contribution is 7.99. The maximum Gasteiger partial charge on any atom is 0.269 e. The second-order valence-corrected chi connectivity index (χ2v) is 8.39. The van der Waals surface area contributed by atoms with E-state index in [1.165, 1.54) is 36.0 Å². The molecule has 0 saturated carbocycles. The number of thioether (sulfide) groups is 1. The molecule has 34 heavy (non-hydrogen) atoms. The number of nitro benzene ring substituents is 1. The Labute approximate surface area is 204 Å². The summed E-state index contributed by atoms with van der Waals surface area (Å²) in [4.78, 5) is 22.7. The summed E-state index contributed by atoms with van der Waals surface area (Å²) in [7, 11) is 0. The quantitative estimate of drug-likeness (QED) is 0.187. The Morgan fingerprint density at radius 3 is 2.41 bits per heavy atom. The van der Waals surface area contributed by atoms with Crippen LogP contribution in [0.2, 0.25) is 5.02 Å². The Morgan fingerprint density at radius 1 is 1.00 bits per heavy atom. The molecule has 3 aromatic carbocycles. The molecule has 172 valence electrons. The molecule has 0 aliphatic carbocycles. The number of nitrogens with one attached hydrogen (secondary N) is 2. The van der Waals surface area contributed by atoms with Crippen LogP contribution in [-0.2, 0) is 11.3 Å². The average Bonchev–Trinajstić information content (AvgIpc) is 3.26. The molecule has 9 nitrogen and oxygen atoms in total. The Bertz CT molecular complexity index is 1300. The van der Waals surface area contributed by atoms with Gasteiger partial charge in [-0.25, -0.2) is 0 Å². The highest BCUT2D eigenvalue weighted by atomic mass is 35.5. The highest BCUT2D eigenvalue weighted by Gasteiger charge is 2.16. The fourth-order valence-corrected chi connectivity index (χ4v) is 4.09. The van der Waals surface area contributed by atoms with E-state index >= 15 is 0 Å². The molecule has 0 aliphatic rings. The Kier molecular flexibility index (Phi) is 7.41. The fraction of sp³-hybridized carbons (Fsp3) is 0.0870. The van der Waals surface area contributed by atoms with Crippen LogP contribution in [0.25, 0.3) is 5.69 Å². The van der Waals surface area contributed by atoms with Gasteiger partial charge in [-0.15, -0.1) is 10.2 Å². The number of para-hydroxylation sites is 2. The number of hydrogen-bond donors (Lipinski definition) is 2. The van der Waals surface area contributed by atoms with E-state index in [-0.39, 0.29) is 17.3 Å². The van der Waals surface area contributed by atoms with Crippen LogP contribution in [0.3, 0.4) is 0 Å².